The Hall–Kier alpha value is -1.22. The molecule has 1 aromatic heterocycles. The van der Waals surface area contributed by atoms with Gasteiger partial charge in [-0.2, -0.15) is 0 Å². The lowest BCUT2D eigenvalue weighted by Crippen LogP contribution is -2.23. The van der Waals surface area contributed by atoms with Crippen molar-refractivity contribution in [1.29, 1.82) is 0 Å². The third kappa shape index (κ3) is 6.42. The summed E-state index contributed by atoms with van der Waals surface area (Å²) in [6, 6.07) is 9.61. The predicted octanol–water partition coefficient (Wildman–Crippen LogP) is 2.95. The van der Waals surface area contributed by atoms with E-state index in [1.165, 1.54) is 35.2 Å². The first-order chi connectivity index (χ1) is 10.8. The number of halogens is 1. The summed E-state index contributed by atoms with van der Waals surface area (Å²) >= 11 is 2.73. The molecule has 2 aromatic rings. The van der Waals surface area contributed by atoms with E-state index in [4.69, 9.17) is 0 Å². The van der Waals surface area contributed by atoms with Gasteiger partial charge in [-0.05, 0) is 42.8 Å². The molecule has 0 radical (unpaired) electrons. The second kappa shape index (κ2) is 8.05. The molecular weight excluding hydrogens is 357 g/mol. The summed E-state index contributed by atoms with van der Waals surface area (Å²) in [4.78, 5) is 14.6. The fourth-order valence-corrected chi connectivity index (χ4v) is 4.06. The Labute approximate surface area is 143 Å². The van der Waals surface area contributed by atoms with Crippen molar-refractivity contribution in [2.24, 2.45) is 0 Å². The maximum atomic E-state index is 12.8. The Balaban J connectivity index is 1.84. The number of Topliss-reactive ketones (excluding diaryl/α,β-unsaturated/α-hetero) is 1. The van der Waals surface area contributed by atoms with Gasteiger partial charge in [-0.25, -0.2) is 17.5 Å². The normalized spacial score (nSPS) is 11.6. The van der Waals surface area contributed by atoms with E-state index < -0.39 is 10.0 Å². The number of nitrogens with one attached hydrogen (secondary N) is 1. The van der Waals surface area contributed by atoms with E-state index >= 15 is 0 Å². The monoisotopic (exact) mass is 373 g/mol. The van der Waals surface area contributed by atoms with Gasteiger partial charge in [0.25, 0.3) is 0 Å². The van der Waals surface area contributed by atoms with Crippen molar-refractivity contribution < 1.29 is 17.6 Å². The molecule has 23 heavy (non-hydrogen) atoms. The first-order valence-electron chi connectivity index (χ1n) is 6.78. The van der Waals surface area contributed by atoms with E-state index in [1.54, 1.807) is 18.2 Å². The fraction of sp³-hybridized carbons (Fsp3) is 0.267. The molecule has 0 aliphatic carbocycles. The number of ketones is 1. The number of hydrogen-bond donors (Lipinski definition) is 1. The predicted molar refractivity (Wildman–Crippen MR) is 92.3 cm³/mol. The van der Waals surface area contributed by atoms with Gasteiger partial charge >= 0.3 is 0 Å². The number of carbonyl (C=O) groups is 1. The molecule has 4 nitrogen and oxygen atoms in total. The van der Waals surface area contributed by atoms with Crippen LogP contribution in [0.3, 0.4) is 0 Å². The van der Waals surface area contributed by atoms with Crippen LogP contribution in [-0.2, 0) is 16.4 Å². The molecular formula is C15H16FNO3S3. The molecule has 0 fully saturated rings. The number of carbonyl (C=O) groups excluding carboxylic acids is 1. The second-order valence-electron chi connectivity index (χ2n) is 4.85. The lowest BCUT2D eigenvalue weighted by atomic mass is 10.3. The van der Waals surface area contributed by atoms with Crippen LogP contribution in [0.2, 0.25) is 0 Å². The highest BCUT2D eigenvalue weighted by Crippen LogP contribution is 2.23. The molecule has 0 aliphatic rings. The van der Waals surface area contributed by atoms with Crippen LogP contribution in [0, 0.1) is 5.82 Å². The first kappa shape index (κ1) is 18.1. The molecule has 0 amide bonds. The molecule has 0 spiro atoms. The van der Waals surface area contributed by atoms with E-state index in [9.17, 15) is 17.6 Å². The van der Waals surface area contributed by atoms with Gasteiger partial charge in [-0.3, -0.25) is 4.79 Å². The van der Waals surface area contributed by atoms with Crippen LogP contribution in [0.25, 0.3) is 0 Å². The average Bonchev–Trinajstić information content (AvgIpc) is 2.94. The van der Waals surface area contributed by atoms with Crippen LogP contribution < -0.4 is 4.72 Å². The van der Waals surface area contributed by atoms with Crippen molar-refractivity contribution in [3.05, 3.63) is 52.0 Å². The lowest BCUT2D eigenvalue weighted by molar-refractivity contribution is 0.102. The topological polar surface area (TPSA) is 63.2 Å². The summed E-state index contributed by atoms with van der Waals surface area (Å²) in [5, 5.41) is 0. The summed E-state index contributed by atoms with van der Waals surface area (Å²) in [6.45, 7) is 0.317. The third-order valence-electron chi connectivity index (χ3n) is 2.86. The van der Waals surface area contributed by atoms with Gasteiger partial charge in [0, 0.05) is 16.3 Å². The Morgan fingerprint density at radius 1 is 1.22 bits per heavy atom. The number of thioether (sulfide) groups is 1. The van der Waals surface area contributed by atoms with E-state index in [-0.39, 0.29) is 17.4 Å². The Morgan fingerprint density at radius 3 is 2.57 bits per heavy atom. The van der Waals surface area contributed by atoms with Gasteiger partial charge in [-0.15, -0.1) is 23.1 Å². The Kier molecular flexibility index (Phi) is 6.34. The zero-order valence-corrected chi connectivity index (χ0v) is 14.9. The maximum absolute atomic E-state index is 12.8. The second-order valence-corrected chi connectivity index (χ2v) is 8.90. The molecule has 0 saturated heterocycles. The minimum atomic E-state index is -3.19. The number of hydrogen-bond acceptors (Lipinski definition) is 5. The summed E-state index contributed by atoms with van der Waals surface area (Å²) in [5.41, 5.74) is 0. The largest absolute Gasteiger partial charge is 0.292 e. The van der Waals surface area contributed by atoms with Crippen molar-refractivity contribution in [2.45, 2.75) is 11.3 Å². The van der Waals surface area contributed by atoms with E-state index in [0.29, 0.717) is 17.8 Å². The van der Waals surface area contributed by atoms with Crippen molar-refractivity contribution in [1.82, 2.24) is 4.72 Å². The zero-order chi connectivity index (χ0) is 16.9. The molecule has 8 heteroatoms. The molecule has 0 aliphatic heterocycles. The Morgan fingerprint density at radius 2 is 1.91 bits per heavy atom. The van der Waals surface area contributed by atoms with Gasteiger partial charge in [0.15, 0.2) is 5.78 Å². The summed E-state index contributed by atoms with van der Waals surface area (Å²) in [6.07, 6.45) is 1.67. The molecule has 124 valence electrons. The van der Waals surface area contributed by atoms with Gasteiger partial charge < -0.3 is 0 Å². The third-order valence-corrected chi connectivity index (χ3v) is 5.78. The van der Waals surface area contributed by atoms with Crippen LogP contribution in [0.15, 0.2) is 41.3 Å². The smallest absolute Gasteiger partial charge is 0.208 e. The van der Waals surface area contributed by atoms with Crippen LogP contribution in [-0.4, -0.2) is 32.8 Å². The van der Waals surface area contributed by atoms with E-state index in [1.807, 2.05) is 6.07 Å². The van der Waals surface area contributed by atoms with Gasteiger partial charge in [0.1, 0.15) is 5.82 Å². The van der Waals surface area contributed by atoms with Crippen LogP contribution in [0.4, 0.5) is 4.39 Å². The summed E-state index contributed by atoms with van der Waals surface area (Å²) in [7, 11) is -3.19. The standard InChI is InChI=1S/C15H16FNO3S3/c1-23(19,20)17-9-8-13-6-7-15(22-13)14(18)10-21-12-4-2-11(16)3-5-12/h2-7,17H,8-10H2,1H3. The van der Waals surface area contributed by atoms with Crippen molar-refractivity contribution in [3.8, 4) is 0 Å². The van der Waals surface area contributed by atoms with Gasteiger partial charge in [0.2, 0.25) is 10.0 Å². The van der Waals surface area contributed by atoms with Crippen molar-refractivity contribution in [2.75, 3.05) is 18.6 Å². The highest BCUT2D eigenvalue weighted by Gasteiger charge is 2.10. The van der Waals surface area contributed by atoms with Crippen molar-refractivity contribution >= 4 is 38.9 Å². The number of thiophene rings is 1. The van der Waals surface area contributed by atoms with Crippen LogP contribution in [0.1, 0.15) is 14.5 Å². The van der Waals surface area contributed by atoms with Gasteiger partial charge in [-0.1, -0.05) is 0 Å². The number of benzene rings is 1. The van der Waals surface area contributed by atoms with Crippen LogP contribution in [0.5, 0.6) is 0 Å². The maximum Gasteiger partial charge on any atom is 0.208 e. The number of sulfonamides is 1. The molecule has 1 N–H and O–H groups in total. The fourth-order valence-electron chi connectivity index (χ4n) is 1.77. The highest BCUT2D eigenvalue weighted by atomic mass is 32.2. The number of rotatable bonds is 8. The molecule has 1 aromatic carbocycles. The average molecular weight is 373 g/mol. The molecule has 1 heterocycles. The van der Waals surface area contributed by atoms with E-state index in [0.717, 1.165) is 16.0 Å². The van der Waals surface area contributed by atoms with E-state index in [2.05, 4.69) is 4.72 Å². The summed E-state index contributed by atoms with van der Waals surface area (Å²) < 4.78 is 37.2. The zero-order valence-electron chi connectivity index (χ0n) is 12.4. The lowest BCUT2D eigenvalue weighted by Gasteiger charge is -2.00. The SMILES string of the molecule is CS(=O)(=O)NCCc1ccc(C(=O)CSc2ccc(F)cc2)s1. The highest BCUT2D eigenvalue weighted by molar-refractivity contribution is 8.00. The molecule has 0 unspecified atom stereocenters. The first-order valence-corrected chi connectivity index (χ1v) is 10.5. The molecule has 0 bridgehead atoms. The van der Waals surface area contributed by atoms with Crippen molar-refractivity contribution in [3.63, 3.8) is 0 Å². The summed E-state index contributed by atoms with van der Waals surface area (Å²) in [5.74, 6) is -0.00869. The minimum Gasteiger partial charge on any atom is -0.292 e. The van der Waals surface area contributed by atoms with Gasteiger partial charge in [0.05, 0.1) is 16.9 Å². The minimum absolute atomic E-state index is 0.00615. The quantitative estimate of drug-likeness (QED) is 0.571. The molecule has 2 rings (SSSR count). The Bertz CT molecular complexity index is 770. The molecule has 0 saturated carbocycles. The molecule has 0 atom stereocenters. The van der Waals surface area contributed by atoms with Crippen LogP contribution >= 0.6 is 23.1 Å².